The number of para-hydroxylation sites is 1. The third kappa shape index (κ3) is 2.22. The molecule has 114 valence electrons. The summed E-state index contributed by atoms with van der Waals surface area (Å²) in [4.78, 5) is 13.1. The molecule has 1 aromatic heterocycles. The maximum atomic E-state index is 13.1. The molecule has 0 unspecified atom stereocenters. The van der Waals surface area contributed by atoms with Crippen molar-refractivity contribution in [2.24, 2.45) is 0 Å². The van der Waals surface area contributed by atoms with Crippen LogP contribution in [0.3, 0.4) is 0 Å². The van der Waals surface area contributed by atoms with Crippen LogP contribution in [0.5, 0.6) is 0 Å². The van der Waals surface area contributed by atoms with Gasteiger partial charge in [-0.05, 0) is 40.8 Å². The highest BCUT2D eigenvalue weighted by atomic mass is 16.1. The van der Waals surface area contributed by atoms with E-state index in [-0.39, 0.29) is 5.56 Å². The molecule has 1 heterocycles. The topological polar surface area (TPSA) is 22.0 Å². The van der Waals surface area contributed by atoms with Gasteiger partial charge in [-0.3, -0.25) is 4.79 Å². The summed E-state index contributed by atoms with van der Waals surface area (Å²) in [6.45, 7) is 2.93. The van der Waals surface area contributed by atoms with E-state index in [2.05, 4.69) is 37.3 Å². The number of unbranched alkanes of at least 4 members (excludes halogenated alkanes) is 1. The second-order valence-electron chi connectivity index (χ2n) is 6.07. The summed E-state index contributed by atoms with van der Waals surface area (Å²) in [6, 6.07) is 20.7. The number of aromatic nitrogens is 1. The molecule has 23 heavy (non-hydrogen) atoms. The Bertz CT molecular complexity index is 1080. The molecule has 0 amide bonds. The smallest absolute Gasteiger partial charge is 0.258 e. The predicted octanol–water partition coefficient (Wildman–Crippen LogP) is 5.11. The average Bonchev–Trinajstić information content (AvgIpc) is 2.60. The molecule has 0 saturated heterocycles. The molecule has 0 aliphatic heterocycles. The Morgan fingerprint density at radius 1 is 0.826 bits per heavy atom. The van der Waals surface area contributed by atoms with Gasteiger partial charge in [0.15, 0.2) is 0 Å². The largest absolute Gasteiger partial charge is 0.308 e. The lowest BCUT2D eigenvalue weighted by molar-refractivity contribution is 0.635. The molecule has 2 heteroatoms. The molecular weight excluding hydrogens is 282 g/mol. The van der Waals surface area contributed by atoms with Crippen molar-refractivity contribution in [1.29, 1.82) is 0 Å². The Labute approximate surface area is 135 Å². The zero-order valence-electron chi connectivity index (χ0n) is 13.3. The van der Waals surface area contributed by atoms with Gasteiger partial charge in [0, 0.05) is 17.3 Å². The summed E-state index contributed by atoms with van der Waals surface area (Å²) in [6.07, 6.45) is 2.10. The van der Waals surface area contributed by atoms with Crippen molar-refractivity contribution in [3.8, 4) is 0 Å². The third-order valence-corrected chi connectivity index (χ3v) is 4.58. The fourth-order valence-corrected chi connectivity index (χ4v) is 3.37. The van der Waals surface area contributed by atoms with Crippen molar-refractivity contribution >= 4 is 32.4 Å². The molecular formula is C21H19NO. The van der Waals surface area contributed by atoms with Crippen LogP contribution in [0.2, 0.25) is 0 Å². The molecule has 2 nitrogen and oxygen atoms in total. The third-order valence-electron chi connectivity index (χ3n) is 4.58. The number of pyridine rings is 1. The predicted molar refractivity (Wildman–Crippen MR) is 98.1 cm³/mol. The van der Waals surface area contributed by atoms with Gasteiger partial charge in [-0.25, -0.2) is 0 Å². The van der Waals surface area contributed by atoms with Gasteiger partial charge in [-0.2, -0.15) is 0 Å². The first kappa shape index (κ1) is 14.0. The van der Waals surface area contributed by atoms with Gasteiger partial charge in [-0.1, -0.05) is 55.8 Å². The highest BCUT2D eigenvalue weighted by Crippen LogP contribution is 2.27. The van der Waals surface area contributed by atoms with E-state index in [9.17, 15) is 4.79 Å². The fraction of sp³-hybridized carbons (Fsp3) is 0.190. The van der Waals surface area contributed by atoms with Gasteiger partial charge in [0.05, 0.1) is 5.52 Å². The monoisotopic (exact) mass is 301 g/mol. The van der Waals surface area contributed by atoms with Gasteiger partial charge in [0.2, 0.25) is 0 Å². The quantitative estimate of drug-likeness (QED) is 0.381. The molecule has 0 saturated carbocycles. The van der Waals surface area contributed by atoms with Crippen LogP contribution in [0.4, 0.5) is 0 Å². The molecule has 3 aromatic carbocycles. The van der Waals surface area contributed by atoms with E-state index in [0.29, 0.717) is 0 Å². The molecule has 4 rings (SSSR count). The zero-order valence-corrected chi connectivity index (χ0v) is 13.3. The lowest BCUT2D eigenvalue weighted by Crippen LogP contribution is -2.21. The van der Waals surface area contributed by atoms with Crippen LogP contribution < -0.4 is 5.56 Å². The minimum absolute atomic E-state index is 0.123. The van der Waals surface area contributed by atoms with Crippen molar-refractivity contribution in [3.05, 3.63) is 71.0 Å². The highest BCUT2D eigenvalue weighted by molar-refractivity contribution is 6.10. The first-order valence-electron chi connectivity index (χ1n) is 8.23. The van der Waals surface area contributed by atoms with Crippen LogP contribution in [0.1, 0.15) is 19.8 Å². The minimum Gasteiger partial charge on any atom is -0.308 e. The van der Waals surface area contributed by atoms with Crippen LogP contribution >= 0.6 is 0 Å². The Balaban J connectivity index is 2.18. The molecule has 0 aliphatic carbocycles. The Morgan fingerprint density at radius 2 is 1.48 bits per heavy atom. The SMILES string of the molecule is CCCCn1c(=O)c2cc3ccccc3cc2c2ccccc21. The van der Waals surface area contributed by atoms with E-state index in [1.54, 1.807) is 0 Å². The normalized spacial score (nSPS) is 11.5. The van der Waals surface area contributed by atoms with Gasteiger partial charge in [-0.15, -0.1) is 0 Å². The second-order valence-corrected chi connectivity index (χ2v) is 6.07. The fourth-order valence-electron chi connectivity index (χ4n) is 3.37. The van der Waals surface area contributed by atoms with Crippen LogP contribution in [0.25, 0.3) is 32.4 Å². The minimum atomic E-state index is 0.123. The van der Waals surface area contributed by atoms with Crippen molar-refractivity contribution in [3.63, 3.8) is 0 Å². The van der Waals surface area contributed by atoms with Crippen LogP contribution in [0, 0.1) is 0 Å². The summed E-state index contributed by atoms with van der Waals surface area (Å²) in [5.41, 5.74) is 1.16. The number of nitrogens with zero attached hydrogens (tertiary/aromatic N) is 1. The summed E-state index contributed by atoms with van der Waals surface area (Å²) < 4.78 is 1.94. The van der Waals surface area contributed by atoms with E-state index in [0.717, 1.165) is 46.4 Å². The van der Waals surface area contributed by atoms with E-state index in [4.69, 9.17) is 0 Å². The maximum absolute atomic E-state index is 13.1. The van der Waals surface area contributed by atoms with E-state index < -0.39 is 0 Å². The Morgan fingerprint density at radius 3 is 2.22 bits per heavy atom. The first-order valence-corrected chi connectivity index (χ1v) is 8.23. The van der Waals surface area contributed by atoms with Crippen molar-refractivity contribution in [2.45, 2.75) is 26.3 Å². The molecule has 4 aromatic rings. The highest BCUT2D eigenvalue weighted by Gasteiger charge is 2.11. The lowest BCUT2D eigenvalue weighted by Gasteiger charge is -2.13. The van der Waals surface area contributed by atoms with Gasteiger partial charge < -0.3 is 4.57 Å². The summed E-state index contributed by atoms with van der Waals surface area (Å²) in [7, 11) is 0. The number of aryl methyl sites for hydroxylation is 1. The number of rotatable bonds is 3. The van der Waals surface area contributed by atoms with Gasteiger partial charge >= 0.3 is 0 Å². The first-order chi connectivity index (χ1) is 11.3. The summed E-state index contributed by atoms with van der Waals surface area (Å²) in [5, 5.41) is 5.32. The maximum Gasteiger partial charge on any atom is 0.258 e. The van der Waals surface area contributed by atoms with E-state index in [1.165, 1.54) is 5.39 Å². The molecule has 0 N–H and O–H groups in total. The van der Waals surface area contributed by atoms with Crippen molar-refractivity contribution in [2.75, 3.05) is 0 Å². The molecule has 0 fully saturated rings. The van der Waals surface area contributed by atoms with Crippen LogP contribution in [0.15, 0.2) is 65.5 Å². The average molecular weight is 301 g/mol. The Hall–Kier alpha value is -2.61. The zero-order chi connectivity index (χ0) is 15.8. The van der Waals surface area contributed by atoms with E-state index in [1.807, 2.05) is 34.9 Å². The molecule has 0 spiro atoms. The van der Waals surface area contributed by atoms with Crippen molar-refractivity contribution in [1.82, 2.24) is 4.57 Å². The van der Waals surface area contributed by atoms with Crippen LogP contribution in [-0.4, -0.2) is 4.57 Å². The van der Waals surface area contributed by atoms with Gasteiger partial charge in [0.25, 0.3) is 5.56 Å². The molecule has 0 aliphatic rings. The standard InChI is InChI=1S/C21H19NO/c1-2-3-12-22-20-11-7-6-10-17(20)18-13-15-8-4-5-9-16(15)14-19(18)21(22)23/h4-11,13-14H,2-3,12H2,1H3. The van der Waals surface area contributed by atoms with Crippen molar-refractivity contribution < 1.29 is 0 Å². The number of hydrogen-bond acceptors (Lipinski definition) is 1. The van der Waals surface area contributed by atoms with Gasteiger partial charge in [0.1, 0.15) is 0 Å². The number of fused-ring (bicyclic) bond motifs is 4. The molecule has 0 atom stereocenters. The molecule has 0 radical (unpaired) electrons. The van der Waals surface area contributed by atoms with Crippen LogP contribution in [-0.2, 0) is 6.54 Å². The molecule has 0 bridgehead atoms. The summed E-state index contributed by atoms with van der Waals surface area (Å²) >= 11 is 0. The number of hydrogen-bond donors (Lipinski definition) is 0. The van der Waals surface area contributed by atoms with E-state index >= 15 is 0 Å². The number of benzene rings is 3. The summed E-state index contributed by atoms with van der Waals surface area (Å²) in [5.74, 6) is 0. The lowest BCUT2D eigenvalue weighted by atomic mass is 10.0. The Kier molecular flexibility index (Phi) is 3.38. The second kappa shape index (κ2) is 5.54.